The van der Waals surface area contributed by atoms with Gasteiger partial charge in [0.1, 0.15) is 11.4 Å². The molecule has 2 aromatic carbocycles. The SMILES string of the molecule is COc1cccc(N2CCO[C@H]2c2cn(Cc3ccccc3Cl)nn2)c1. The highest BCUT2D eigenvalue weighted by molar-refractivity contribution is 6.31. The Morgan fingerprint density at radius 3 is 2.96 bits per heavy atom. The Labute approximate surface area is 156 Å². The van der Waals surface area contributed by atoms with E-state index >= 15 is 0 Å². The van der Waals surface area contributed by atoms with Gasteiger partial charge in [-0.2, -0.15) is 0 Å². The molecule has 0 unspecified atom stereocenters. The lowest BCUT2D eigenvalue weighted by atomic mass is 10.2. The maximum absolute atomic E-state index is 6.23. The van der Waals surface area contributed by atoms with Crippen molar-refractivity contribution in [2.75, 3.05) is 25.2 Å². The van der Waals surface area contributed by atoms with Gasteiger partial charge in [0.05, 0.1) is 26.5 Å². The molecule has 0 aliphatic carbocycles. The molecule has 1 aliphatic rings. The first-order valence-corrected chi connectivity index (χ1v) is 8.78. The third kappa shape index (κ3) is 3.38. The molecule has 1 aromatic heterocycles. The van der Waals surface area contributed by atoms with E-state index in [0.29, 0.717) is 13.2 Å². The van der Waals surface area contributed by atoms with Crippen LogP contribution < -0.4 is 9.64 Å². The van der Waals surface area contributed by atoms with E-state index in [1.165, 1.54) is 0 Å². The molecule has 1 aliphatic heterocycles. The van der Waals surface area contributed by atoms with Crippen molar-refractivity contribution in [1.82, 2.24) is 15.0 Å². The molecular formula is C19H19ClN4O2. The second kappa shape index (κ2) is 7.35. The second-order valence-corrected chi connectivity index (χ2v) is 6.46. The Hall–Kier alpha value is -2.57. The summed E-state index contributed by atoms with van der Waals surface area (Å²) in [5, 5.41) is 9.27. The average molecular weight is 371 g/mol. The smallest absolute Gasteiger partial charge is 0.177 e. The summed E-state index contributed by atoms with van der Waals surface area (Å²) in [7, 11) is 1.66. The minimum atomic E-state index is -0.262. The average Bonchev–Trinajstić information content (AvgIpc) is 3.33. The number of rotatable bonds is 5. The van der Waals surface area contributed by atoms with Crippen molar-refractivity contribution < 1.29 is 9.47 Å². The van der Waals surface area contributed by atoms with E-state index in [1.54, 1.807) is 11.8 Å². The van der Waals surface area contributed by atoms with E-state index in [-0.39, 0.29) is 6.23 Å². The largest absolute Gasteiger partial charge is 0.497 e. The zero-order valence-corrected chi connectivity index (χ0v) is 15.1. The maximum Gasteiger partial charge on any atom is 0.177 e. The molecule has 1 atom stereocenters. The lowest BCUT2D eigenvalue weighted by molar-refractivity contribution is 0.110. The van der Waals surface area contributed by atoms with Crippen LogP contribution in [0.4, 0.5) is 5.69 Å². The van der Waals surface area contributed by atoms with Gasteiger partial charge in [-0.1, -0.05) is 41.1 Å². The summed E-state index contributed by atoms with van der Waals surface area (Å²) in [6.45, 7) is 1.99. The number of hydrogen-bond acceptors (Lipinski definition) is 5. The van der Waals surface area contributed by atoms with Crippen LogP contribution in [0.5, 0.6) is 5.75 Å². The maximum atomic E-state index is 6.23. The summed E-state index contributed by atoms with van der Waals surface area (Å²) >= 11 is 6.23. The number of methoxy groups -OCH3 is 1. The van der Waals surface area contributed by atoms with Crippen molar-refractivity contribution in [3.63, 3.8) is 0 Å². The van der Waals surface area contributed by atoms with Gasteiger partial charge < -0.3 is 14.4 Å². The van der Waals surface area contributed by atoms with E-state index in [4.69, 9.17) is 21.1 Å². The van der Waals surface area contributed by atoms with Crippen LogP contribution >= 0.6 is 11.6 Å². The van der Waals surface area contributed by atoms with Crippen LogP contribution in [0.25, 0.3) is 0 Å². The molecule has 0 saturated carbocycles. The standard InChI is InChI=1S/C19H19ClN4O2/c1-25-16-7-4-6-15(11-16)24-9-10-26-19(24)18-13-23(22-21-18)12-14-5-2-3-8-17(14)20/h2-8,11,13,19H,9-10,12H2,1H3/t19-/m0/s1. The summed E-state index contributed by atoms with van der Waals surface area (Å²) in [5.74, 6) is 0.815. The first-order valence-electron chi connectivity index (χ1n) is 8.40. The topological polar surface area (TPSA) is 52.4 Å². The normalized spacial score (nSPS) is 16.8. The lowest BCUT2D eigenvalue weighted by Crippen LogP contribution is -2.23. The van der Waals surface area contributed by atoms with Crippen LogP contribution in [0, 0.1) is 0 Å². The fourth-order valence-corrected chi connectivity index (χ4v) is 3.27. The van der Waals surface area contributed by atoms with E-state index < -0.39 is 0 Å². The monoisotopic (exact) mass is 370 g/mol. The van der Waals surface area contributed by atoms with Crippen LogP contribution in [0.1, 0.15) is 17.5 Å². The van der Waals surface area contributed by atoms with Crippen LogP contribution in [-0.2, 0) is 11.3 Å². The molecule has 0 spiro atoms. The van der Waals surface area contributed by atoms with Crippen LogP contribution in [0.3, 0.4) is 0 Å². The number of anilines is 1. The van der Waals surface area contributed by atoms with Gasteiger partial charge >= 0.3 is 0 Å². The van der Waals surface area contributed by atoms with E-state index in [1.807, 2.05) is 54.7 Å². The molecule has 0 bridgehead atoms. The number of hydrogen-bond donors (Lipinski definition) is 0. The van der Waals surface area contributed by atoms with Crippen LogP contribution in [0.15, 0.2) is 54.7 Å². The van der Waals surface area contributed by atoms with Gasteiger partial charge in [0.25, 0.3) is 0 Å². The molecule has 134 valence electrons. The molecule has 3 aromatic rings. The van der Waals surface area contributed by atoms with Crippen molar-refractivity contribution in [1.29, 1.82) is 0 Å². The predicted octanol–water partition coefficient (Wildman–Crippen LogP) is 3.52. The van der Waals surface area contributed by atoms with Crippen molar-refractivity contribution in [3.8, 4) is 5.75 Å². The summed E-state index contributed by atoms with van der Waals surface area (Å²) in [6, 6.07) is 15.7. The first-order chi connectivity index (χ1) is 12.7. The zero-order chi connectivity index (χ0) is 17.9. The zero-order valence-electron chi connectivity index (χ0n) is 14.4. The van der Waals surface area contributed by atoms with Gasteiger partial charge in [-0.15, -0.1) is 5.10 Å². The molecule has 0 N–H and O–H groups in total. The van der Waals surface area contributed by atoms with Crippen molar-refractivity contribution >= 4 is 17.3 Å². The number of halogens is 1. The molecule has 4 rings (SSSR count). The lowest BCUT2D eigenvalue weighted by Gasteiger charge is -2.23. The summed E-state index contributed by atoms with van der Waals surface area (Å²) in [6.07, 6.45) is 1.65. The molecule has 0 amide bonds. The Balaban J connectivity index is 1.55. The molecule has 0 radical (unpaired) electrons. The summed E-state index contributed by atoms with van der Waals surface area (Å²) < 4.78 is 13.0. The van der Waals surface area contributed by atoms with Crippen LogP contribution in [0.2, 0.25) is 5.02 Å². The molecule has 26 heavy (non-hydrogen) atoms. The minimum Gasteiger partial charge on any atom is -0.497 e. The Morgan fingerprint density at radius 1 is 1.23 bits per heavy atom. The highest BCUT2D eigenvalue weighted by Crippen LogP contribution is 2.32. The molecule has 6 nitrogen and oxygen atoms in total. The molecular weight excluding hydrogens is 352 g/mol. The number of aromatic nitrogens is 3. The van der Waals surface area contributed by atoms with E-state index in [0.717, 1.165) is 34.3 Å². The van der Waals surface area contributed by atoms with Crippen molar-refractivity contribution in [3.05, 3.63) is 71.0 Å². The Morgan fingerprint density at radius 2 is 2.12 bits per heavy atom. The number of benzene rings is 2. The van der Waals surface area contributed by atoms with Crippen molar-refractivity contribution in [2.45, 2.75) is 12.8 Å². The van der Waals surface area contributed by atoms with E-state index in [9.17, 15) is 0 Å². The quantitative estimate of drug-likeness (QED) is 0.687. The minimum absolute atomic E-state index is 0.262. The molecule has 7 heteroatoms. The van der Waals surface area contributed by atoms with Crippen LogP contribution in [-0.4, -0.2) is 35.3 Å². The van der Waals surface area contributed by atoms with Gasteiger partial charge in [-0.25, -0.2) is 4.68 Å². The van der Waals surface area contributed by atoms with Crippen molar-refractivity contribution in [2.24, 2.45) is 0 Å². The van der Waals surface area contributed by atoms with Gasteiger partial charge in [-0.05, 0) is 23.8 Å². The van der Waals surface area contributed by atoms with Gasteiger partial charge in [-0.3, -0.25) is 0 Å². The fourth-order valence-electron chi connectivity index (χ4n) is 3.07. The summed E-state index contributed by atoms with van der Waals surface area (Å²) in [5.41, 5.74) is 2.81. The van der Waals surface area contributed by atoms with E-state index in [2.05, 4.69) is 15.2 Å². The van der Waals surface area contributed by atoms with Gasteiger partial charge in [0.2, 0.25) is 0 Å². The molecule has 2 heterocycles. The third-order valence-corrected chi connectivity index (χ3v) is 4.74. The third-order valence-electron chi connectivity index (χ3n) is 4.38. The number of ether oxygens (including phenoxy) is 2. The fraction of sp³-hybridized carbons (Fsp3) is 0.263. The first kappa shape index (κ1) is 16.9. The second-order valence-electron chi connectivity index (χ2n) is 6.05. The molecule has 1 fully saturated rings. The Bertz CT molecular complexity index is 899. The van der Waals surface area contributed by atoms with Gasteiger partial charge in [0, 0.05) is 23.3 Å². The highest BCUT2D eigenvalue weighted by Gasteiger charge is 2.30. The number of nitrogens with zero attached hydrogens (tertiary/aromatic N) is 4. The predicted molar refractivity (Wildman–Crippen MR) is 99.6 cm³/mol. The summed E-state index contributed by atoms with van der Waals surface area (Å²) in [4.78, 5) is 2.16. The highest BCUT2D eigenvalue weighted by atomic mass is 35.5. The van der Waals surface area contributed by atoms with Gasteiger partial charge in [0.15, 0.2) is 6.23 Å². The Kier molecular flexibility index (Phi) is 4.77. The molecule has 1 saturated heterocycles.